The Morgan fingerprint density at radius 3 is 2.28 bits per heavy atom. The maximum atomic E-state index is 12.3. The Morgan fingerprint density at radius 2 is 1.68 bits per heavy atom. The Morgan fingerprint density at radius 1 is 1.04 bits per heavy atom. The highest BCUT2D eigenvalue weighted by Gasteiger charge is 2.13. The average Bonchev–Trinajstić information content (AvgIpc) is 2.57. The maximum absolute atomic E-state index is 12.3. The lowest BCUT2D eigenvalue weighted by Gasteiger charge is -2.09. The minimum Gasteiger partial charge on any atom is -0.383 e. The topological polar surface area (TPSA) is 84.5 Å². The second-order valence-corrected chi connectivity index (χ2v) is 7.32. The molecule has 0 saturated heterocycles. The van der Waals surface area contributed by atoms with Gasteiger partial charge in [0.2, 0.25) is 5.91 Å². The molecule has 7 heteroatoms. The number of methoxy groups -OCH3 is 1. The molecule has 2 rings (SSSR count). The summed E-state index contributed by atoms with van der Waals surface area (Å²) in [6.07, 6.45) is 0.231. The molecule has 0 heterocycles. The van der Waals surface area contributed by atoms with Gasteiger partial charge in [0, 0.05) is 19.3 Å². The minimum absolute atomic E-state index is 0.106. The van der Waals surface area contributed by atoms with Crippen molar-refractivity contribution in [1.29, 1.82) is 0 Å². The lowest BCUT2D eigenvalue weighted by Crippen LogP contribution is -2.28. The third-order valence-corrected chi connectivity index (χ3v) is 4.93. The quantitative estimate of drug-likeness (QED) is 0.705. The van der Waals surface area contributed by atoms with Gasteiger partial charge in [-0.05, 0) is 36.8 Å². The average molecular weight is 362 g/mol. The number of amides is 1. The highest BCUT2D eigenvalue weighted by atomic mass is 32.2. The number of hydrogen-bond acceptors (Lipinski definition) is 4. The number of sulfonamides is 1. The molecule has 0 aliphatic rings. The van der Waals surface area contributed by atoms with Crippen molar-refractivity contribution in [3.8, 4) is 0 Å². The highest BCUT2D eigenvalue weighted by molar-refractivity contribution is 7.92. The van der Waals surface area contributed by atoms with E-state index in [2.05, 4.69) is 10.0 Å². The molecule has 2 N–H and O–H groups in total. The van der Waals surface area contributed by atoms with Gasteiger partial charge >= 0.3 is 0 Å². The highest BCUT2D eigenvalue weighted by Crippen LogP contribution is 2.17. The number of carbonyl (C=O) groups is 1. The van der Waals surface area contributed by atoms with Crippen molar-refractivity contribution in [3.05, 3.63) is 59.7 Å². The molecule has 0 fully saturated rings. The van der Waals surface area contributed by atoms with Gasteiger partial charge in [0.05, 0.1) is 17.9 Å². The molecule has 1 amide bonds. The predicted octanol–water partition coefficient (Wildman–Crippen LogP) is 2.10. The first-order chi connectivity index (χ1) is 11.9. The monoisotopic (exact) mass is 362 g/mol. The van der Waals surface area contributed by atoms with Crippen LogP contribution in [-0.2, 0) is 26.0 Å². The van der Waals surface area contributed by atoms with E-state index in [4.69, 9.17) is 4.74 Å². The second kappa shape index (κ2) is 8.64. The Labute approximate surface area is 148 Å². The van der Waals surface area contributed by atoms with Gasteiger partial charge in [0.25, 0.3) is 10.0 Å². The van der Waals surface area contributed by atoms with Crippen molar-refractivity contribution < 1.29 is 17.9 Å². The van der Waals surface area contributed by atoms with Crippen molar-refractivity contribution in [2.45, 2.75) is 18.2 Å². The summed E-state index contributed by atoms with van der Waals surface area (Å²) >= 11 is 0. The van der Waals surface area contributed by atoms with Gasteiger partial charge in [-0.2, -0.15) is 0 Å². The molecule has 0 unspecified atom stereocenters. The molecular formula is C18H22N2O4S. The molecule has 0 aliphatic carbocycles. The molecule has 0 spiro atoms. The second-order valence-electron chi connectivity index (χ2n) is 5.64. The van der Waals surface area contributed by atoms with Gasteiger partial charge in [-0.25, -0.2) is 8.42 Å². The van der Waals surface area contributed by atoms with Crippen LogP contribution in [0.2, 0.25) is 0 Å². The number of ether oxygens (including phenoxy) is 1. The van der Waals surface area contributed by atoms with E-state index in [1.807, 2.05) is 6.92 Å². The van der Waals surface area contributed by atoms with E-state index in [0.717, 1.165) is 11.1 Å². The summed E-state index contributed by atoms with van der Waals surface area (Å²) in [6, 6.07) is 13.4. The third-order valence-electron chi connectivity index (χ3n) is 3.53. The summed E-state index contributed by atoms with van der Waals surface area (Å²) in [4.78, 5) is 11.9. The van der Waals surface area contributed by atoms with Crippen LogP contribution in [0.1, 0.15) is 11.1 Å². The molecule has 0 bridgehead atoms. The fourth-order valence-corrected chi connectivity index (χ4v) is 3.22. The first kappa shape index (κ1) is 19.0. The number of rotatable bonds is 8. The molecule has 2 aromatic rings. The number of carbonyl (C=O) groups excluding carboxylic acids is 1. The van der Waals surface area contributed by atoms with Crippen molar-refractivity contribution in [2.75, 3.05) is 25.0 Å². The van der Waals surface area contributed by atoms with E-state index < -0.39 is 10.0 Å². The van der Waals surface area contributed by atoms with Crippen molar-refractivity contribution in [2.24, 2.45) is 0 Å². The summed E-state index contributed by atoms with van der Waals surface area (Å²) in [5, 5.41) is 2.74. The Hall–Kier alpha value is -2.38. The van der Waals surface area contributed by atoms with Crippen LogP contribution in [-0.4, -0.2) is 34.6 Å². The third kappa shape index (κ3) is 5.88. The summed E-state index contributed by atoms with van der Waals surface area (Å²) in [6.45, 7) is 2.82. The molecule has 0 aromatic heterocycles. The van der Waals surface area contributed by atoms with Crippen LogP contribution in [0.25, 0.3) is 0 Å². The predicted molar refractivity (Wildman–Crippen MR) is 97.0 cm³/mol. The number of benzene rings is 2. The van der Waals surface area contributed by atoms with Gasteiger partial charge in [-0.15, -0.1) is 0 Å². The zero-order valence-corrected chi connectivity index (χ0v) is 15.1. The van der Waals surface area contributed by atoms with Gasteiger partial charge in [0.1, 0.15) is 0 Å². The standard InChI is InChI=1S/C18H22N2O4S/c1-14-3-9-17(10-4-14)25(22,23)20-16-7-5-15(6-8-16)13-18(21)19-11-12-24-2/h3-10,20H,11-13H2,1-2H3,(H,19,21). The first-order valence-corrected chi connectivity index (χ1v) is 9.33. The number of nitrogens with one attached hydrogen (secondary N) is 2. The lowest BCUT2D eigenvalue weighted by molar-refractivity contribution is -0.120. The summed E-state index contributed by atoms with van der Waals surface area (Å²) in [7, 11) is -2.05. The number of hydrogen-bond donors (Lipinski definition) is 2. The van der Waals surface area contributed by atoms with Crippen LogP contribution in [0.5, 0.6) is 0 Å². The summed E-state index contributed by atoms with van der Waals surface area (Å²) < 4.78 is 32.1. The number of aryl methyl sites for hydroxylation is 1. The zero-order valence-electron chi connectivity index (χ0n) is 14.3. The van der Waals surface area contributed by atoms with E-state index in [1.165, 1.54) is 0 Å². The van der Waals surface area contributed by atoms with Gasteiger partial charge in [-0.3, -0.25) is 9.52 Å². The van der Waals surface area contributed by atoms with E-state index in [9.17, 15) is 13.2 Å². The normalized spacial score (nSPS) is 11.1. The van der Waals surface area contributed by atoms with Crippen molar-refractivity contribution >= 4 is 21.6 Å². The van der Waals surface area contributed by atoms with Crippen molar-refractivity contribution in [3.63, 3.8) is 0 Å². The Kier molecular flexibility index (Phi) is 6.55. The molecular weight excluding hydrogens is 340 g/mol. The van der Waals surface area contributed by atoms with Crippen LogP contribution >= 0.6 is 0 Å². The van der Waals surface area contributed by atoms with E-state index in [0.29, 0.717) is 18.8 Å². The molecule has 6 nitrogen and oxygen atoms in total. The molecule has 0 radical (unpaired) electrons. The maximum Gasteiger partial charge on any atom is 0.261 e. The van der Waals surface area contributed by atoms with Gasteiger partial charge in [0.15, 0.2) is 0 Å². The smallest absolute Gasteiger partial charge is 0.261 e. The van der Waals surface area contributed by atoms with E-state index in [-0.39, 0.29) is 17.2 Å². The van der Waals surface area contributed by atoms with Crippen LogP contribution in [0.4, 0.5) is 5.69 Å². The minimum atomic E-state index is -3.62. The lowest BCUT2D eigenvalue weighted by atomic mass is 10.1. The molecule has 134 valence electrons. The van der Waals surface area contributed by atoms with Crippen LogP contribution in [0.15, 0.2) is 53.4 Å². The molecule has 25 heavy (non-hydrogen) atoms. The van der Waals surface area contributed by atoms with Crippen molar-refractivity contribution in [1.82, 2.24) is 5.32 Å². The fraction of sp³-hybridized carbons (Fsp3) is 0.278. The van der Waals surface area contributed by atoms with Gasteiger partial charge in [-0.1, -0.05) is 29.8 Å². The zero-order chi connectivity index (χ0) is 18.3. The summed E-state index contributed by atoms with van der Waals surface area (Å²) in [5.74, 6) is -0.106. The van der Waals surface area contributed by atoms with Crippen LogP contribution in [0, 0.1) is 6.92 Å². The Balaban J connectivity index is 1.97. The van der Waals surface area contributed by atoms with Crippen LogP contribution < -0.4 is 10.0 Å². The molecule has 0 saturated carbocycles. The Bertz CT molecular complexity index is 800. The molecule has 0 aliphatic heterocycles. The fourth-order valence-electron chi connectivity index (χ4n) is 2.16. The van der Waals surface area contributed by atoms with E-state index >= 15 is 0 Å². The van der Waals surface area contributed by atoms with Gasteiger partial charge < -0.3 is 10.1 Å². The van der Waals surface area contributed by atoms with Crippen LogP contribution in [0.3, 0.4) is 0 Å². The first-order valence-electron chi connectivity index (χ1n) is 7.85. The molecule has 0 atom stereocenters. The largest absolute Gasteiger partial charge is 0.383 e. The van der Waals surface area contributed by atoms with E-state index in [1.54, 1.807) is 55.6 Å². The summed E-state index contributed by atoms with van der Waals surface area (Å²) in [5.41, 5.74) is 2.24. The number of anilines is 1. The molecule has 2 aromatic carbocycles. The SMILES string of the molecule is COCCNC(=O)Cc1ccc(NS(=O)(=O)c2ccc(C)cc2)cc1.